The van der Waals surface area contributed by atoms with Crippen LogP contribution in [0.15, 0.2) is 140 Å². The van der Waals surface area contributed by atoms with Gasteiger partial charge < -0.3 is 0 Å². The third-order valence-corrected chi connectivity index (χ3v) is 10.1. The van der Waals surface area contributed by atoms with Crippen molar-refractivity contribution in [3.63, 3.8) is 0 Å². The van der Waals surface area contributed by atoms with Crippen molar-refractivity contribution in [2.75, 3.05) is 0 Å². The highest BCUT2D eigenvalue weighted by molar-refractivity contribution is 7.24. The summed E-state index contributed by atoms with van der Waals surface area (Å²) in [6.45, 7) is 0. The van der Waals surface area contributed by atoms with Crippen LogP contribution in [-0.4, -0.2) is 14.5 Å². The summed E-state index contributed by atoms with van der Waals surface area (Å²) in [6, 6.07) is 49.9. The second-order valence-corrected chi connectivity index (χ2v) is 12.5. The standard InChI is InChI=1S/C40H23N3S/c1-2-9-24(10-3-1)27-13-6-14-28(23-27)39-29-15-4-5-16-30(29)41-40(42-39)43-31-21-19-25-11-7-17-33-35(25)37(31)38-32(43)22-20-26-12-8-18-34(44-33)36(26)38/h1-23H. The van der Waals surface area contributed by atoms with E-state index in [1.165, 1.54) is 52.8 Å². The van der Waals surface area contributed by atoms with Gasteiger partial charge in [-0.05, 0) is 58.3 Å². The summed E-state index contributed by atoms with van der Waals surface area (Å²) in [5.74, 6) is 0.686. The highest BCUT2D eigenvalue weighted by Gasteiger charge is 2.22. The Labute approximate surface area is 256 Å². The fourth-order valence-corrected chi connectivity index (χ4v) is 8.22. The van der Waals surface area contributed by atoms with Crippen molar-refractivity contribution >= 4 is 75.0 Å². The molecule has 0 unspecified atom stereocenters. The van der Waals surface area contributed by atoms with Crippen molar-refractivity contribution in [2.24, 2.45) is 0 Å². The number of benzene rings is 7. The van der Waals surface area contributed by atoms with Crippen LogP contribution in [-0.2, 0) is 0 Å². The van der Waals surface area contributed by atoms with Crippen LogP contribution in [0.25, 0.3) is 92.0 Å². The van der Waals surface area contributed by atoms with E-state index in [1.54, 1.807) is 0 Å². The summed E-state index contributed by atoms with van der Waals surface area (Å²) in [5, 5.41) is 8.72. The molecule has 4 heteroatoms. The van der Waals surface area contributed by atoms with Crippen LogP contribution in [0.2, 0.25) is 0 Å². The van der Waals surface area contributed by atoms with Gasteiger partial charge in [0.2, 0.25) is 5.95 Å². The lowest BCUT2D eigenvalue weighted by atomic mass is 10.00. The summed E-state index contributed by atoms with van der Waals surface area (Å²) in [7, 11) is 0. The van der Waals surface area contributed by atoms with Gasteiger partial charge in [-0.15, -0.1) is 11.3 Å². The van der Waals surface area contributed by atoms with E-state index >= 15 is 0 Å². The van der Waals surface area contributed by atoms with Crippen LogP contribution >= 0.6 is 11.3 Å². The van der Waals surface area contributed by atoms with E-state index in [4.69, 9.17) is 9.97 Å². The van der Waals surface area contributed by atoms with E-state index < -0.39 is 0 Å². The van der Waals surface area contributed by atoms with Gasteiger partial charge in [0.15, 0.2) is 0 Å². The minimum atomic E-state index is 0.686. The normalized spacial score (nSPS) is 12.1. The lowest BCUT2D eigenvalue weighted by Gasteiger charge is -2.13. The molecule has 0 atom stereocenters. The van der Waals surface area contributed by atoms with Gasteiger partial charge in [-0.1, -0.05) is 103 Å². The second kappa shape index (κ2) is 8.96. The molecule has 0 bridgehead atoms. The molecule has 10 rings (SSSR count). The maximum Gasteiger partial charge on any atom is 0.235 e. The first kappa shape index (κ1) is 23.9. The molecule has 0 aliphatic rings. The fraction of sp³-hybridized carbons (Fsp3) is 0. The van der Waals surface area contributed by atoms with Crippen LogP contribution in [0.3, 0.4) is 0 Å². The fourth-order valence-electron chi connectivity index (χ4n) is 7.04. The molecule has 0 saturated carbocycles. The molecule has 0 radical (unpaired) electrons. The average Bonchev–Trinajstić information content (AvgIpc) is 3.34. The summed E-state index contributed by atoms with van der Waals surface area (Å²) in [6.07, 6.45) is 0. The molecule has 204 valence electrons. The van der Waals surface area contributed by atoms with Gasteiger partial charge in [-0.25, -0.2) is 9.97 Å². The predicted molar refractivity (Wildman–Crippen MR) is 186 cm³/mol. The first-order chi connectivity index (χ1) is 21.8. The summed E-state index contributed by atoms with van der Waals surface area (Å²) in [5.41, 5.74) is 7.55. The molecular formula is C40H23N3S. The molecule has 0 fully saturated rings. The van der Waals surface area contributed by atoms with E-state index in [2.05, 4.69) is 144 Å². The van der Waals surface area contributed by atoms with E-state index in [1.807, 2.05) is 11.3 Å². The monoisotopic (exact) mass is 577 g/mol. The Morgan fingerprint density at radius 2 is 1.07 bits per heavy atom. The van der Waals surface area contributed by atoms with E-state index in [9.17, 15) is 0 Å². The topological polar surface area (TPSA) is 30.7 Å². The van der Waals surface area contributed by atoms with E-state index in [0.717, 1.165) is 33.2 Å². The van der Waals surface area contributed by atoms with Gasteiger partial charge in [0, 0.05) is 41.9 Å². The number of rotatable bonds is 3. The SMILES string of the molecule is c1ccc(-c2cccc(-c3nc(-n4c5ccc6cccc7sc8cccc9ccc4c(c98)c5c67)nc4ccccc34)c2)cc1. The van der Waals surface area contributed by atoms with Gasteiger partial charge in [0.25, 0.3) is 0 Å². The number of fused-ring (bicyclic) bond motifs is 1. The maximum atomic E-state index is 5.39. The van der Waals surface area contributed by atoms with Gasteiger partial charge in [0.05, 0.1) is 22.2 Å². The first-order valence-electron chi connectivity index (χ1n) is 14.8. The highest BCUT2D eigenvalue weighted by atomic mass is 32.1. The summed E-state index contributed by atoms with van der Waals surface area (Å²) >= 11 is 1.87. The maximum absolute atomic E-state index is 5.39. The van der Waals surface area contributed by atoms with E-state index in [0.29, 0.717) is 5.95 Å². The molecule has 10 aromatic rings. The van der Waals surface area contributed by atoms with Crippen LogP contribution in [0.1, 0.15) is 0 Å². The molecule has 0 amide bonds. The molecule has 3 heterocycles. The molecule has 0 N–H and O–H groups in total. The van der Waals surface area contributed by atoms with Crippen LogP contribution in [0, 0.1) is 0 Å². The quantitative estimate of drug-likeness (QED) is 0.209. The summed E-state index contributed by atoms with van der Waals surface area (Å²) in [4.78, 5) is 10.6. The third kappa shape index (κ3) is 3.31. The number of para-hydroxylation sites is 1. The molecule has 0 spiro atoms. The predicted octanol–water partition coefficient (Wildman–Crippen LogP) is 11.0. The highest BCUT2D eigenvalue weighted by Crippen LogP contribution is 2.46. The van der Waals surface area contributed by atoms with Crippen molar-refractivity contribution in [2.45, 2.75) is 0 Å². The number of hydrogen-bond donors (Lipinski definition) is 0. The Balaban J connectivity index is 1.34. The molecule has 3 nitrogen and oxygen atoms in total. The molecule has 0 aliphatic heterocycles. The van der Waals surface area contributed by atoms with Crippen LogP contribution < -0.4 is 0 Å². The van der Waals surface area contributed by atoms with Crippen molar-refractivity contribution in [3.8, 4) is 28.3 Å². The molecule has 0 saturated heterocycles. The number of nitrogens with zero attached hydrogens (tertiary/aromatic N) is 3. The zero-order valence-electron chi connectivity index (χ0n) is 23.5. The first-order valence-corrected chi connectivity index (χ1v) is 15.7. The van der Waals surface area contributed by atoms with Gasteiger partial charge in [-0.2, -0.15) is 0 Å². The van der Waals surface area contributed by atoms with Crippen molar-refractivity contribution in [1.82, 2.24) is 14.5 Å². The lowest BCUT2D eigenvalue weighted by Crippen LogP contribution is -2.03. The summed E-state index contributed by atoms with van der Waals surface area (Å²) < 4.78 is 4.85. The van der Waals surface area contributed by atoms with Gasteiger partial charge in [0.1, 0.15) is 0 Å². The number of hydrogen-bond acceptors (Lipinski definition) is 3. The third-order valence-electron chi connectivity index (χ3n) is 8.96. The molecule has 44 heavy (non-hydrogen) atoms. The Hall–Kier alpha value is -5.58. The van der Waals surface area contributed by atoms with Gasteiger partial charge >= 0.3 is 0 Å². The van der Waals surface area contributed by atoms with Gasteiger partial charge in [-0.3, -0.25) is 4.57 Å². The Bertz CT molecular complexity index is 2610. The molecule has 0 aliphatic carbocycles. The largest absolute Gasteiger partial charge is 0.278 e. The zero-order chi connectivity index (χ0) is 28.8. The molecular weight excluding hydrogens is 555 g/mol. The second-order valence-electron chi connectivity index (χ2n) is 11.4. The molecule has 3 aromatic heterocycles. The van der Waals surface area contributed by atoms with Crippen molar-refractivity contribution in [1.29, 1.82) is 0 Å². The Morgan fingerprint density at radius 3 is 1.80 bits per heavy atom. The van der Waals surface area contributed by atoms with E-state index in [-0.39, 0.29) is 0 Å². The zero-order valence-corrected chi connectivity index (χ0v) is 24.3. The van der Waals surface area contributed by atoms with Crippen molar-refractivity contribution in [3.05, 3.63) is 140 Å². The molecule has 7 aromatic carbocycles. The van der Waals surface area contributed by atoms with Crippen molar-refractivity contribution < 1.29 is 0 Å². The van der Waals surface area contributed by atoms with Crippen LogP contribution in [0.4, 0.5) is 0 Å². The average molecular weight is 578 g/mol. The Kier molecular flexibility index (Phi) is 4.87. The lowest BCUT2D eigenvalue weighted by molar-refractivity contribution is 1.01. The Morgan fingerprint density at radius 1 is 0.455 bits per heavy atom. The minimum absolute atomic E-state index is 0.686. The number of aromatic nitrogens is 3. The smallest absolute Gasteiger partial charge is 0.235 e. The van der Waals surface area contributed by atoms with Crippen LogP contribution in [0.5, 0.6) is 0 Å². The minimum Gasteiger partial charge on any atom is -0.278 e.